The van der Waals surface area contributed by atoms with Crippen molar-refractivity contribution in [3.63, 3.8) is 0 Å². The van der Waals surface area contributed by atoms with Gasteiger partial charge >= 0.3 is 113 Å². The van der Waals surface area contributed by atoms with Crippen molar-refractivity contribution in [3.8, 4) is 0 Å². The van der Waals surface area contributed by atoms with Gasteiger partial charge in [0.1, 0.15) is 0 Å². The normalized spacial score (nSPS) is 12.9. The number of hydrogen-bond donors (Lipinski definition) is 0. The Morgan fingerprint density at radius 2 is 1.50 bits per heavy atom. The van der Waals surface area contributed by atoms with Crippen LogP contribution in [0.5, 0.6) is 0 Å². The van der Waals surface area contributed by atoms with Crippen LogP contribution in [0.1, 0.15) is 41.5 Å². The van der Waals surface area contributed by atoms with Gasteiger partial charge in [0.2, 0.25) is 0 Å². The average Bonchev–Trinajstić information content (AvgIpc) is 2.03. The Balaban J connectivity index is 2.92. The Morgan fingerprint density at radius 3 is 2.00 bits per heavy atom. The Hall–Kier alpha value is 0.259. The van der Waals surface area contributed by atoms with Crippen molar-refractivity contribution in [1.29, 1.82) is 0 Å². The van der Waals surface area contributed by atoms with Crippen LogP contribution in [0.4, 0.5) is 0 Å². The quantitative estimate of drug-likeness (QED) is 0.722. The molecule has 0 nitrogen and oxygen atoms in total. The maximum atomic E-state index is 3.46. The van der Waals surface area contributed by atoms with E-state index in [4.69, 9.17) is 0 Å². The van der Waals surface area contributed by atoms with Crippen LogP contribution in [0.25, 0.3) is 0 Å². The second-order valence-electron chi connectivity index (χ2n) is 5.79. The predicted octanol–water partition coefficient (Wildman–Crippen LogP) is 2.58. The number of rotatable bonds is 2. The van der Waals surface area contributed by atoms with Gasteiger partial charge in [-0.25, -0.2) is 0 Å². The zero-order valence-corrected chi connectivity index (χ0v) is 14.5. The number of benzene rings is 1. The predicted molar refractivity (Wildman–Crippen MR) is 75.5 cm³/mol. The van der Waals surface area contributed by atoms with E-state index in [0.29, 0.717) is 38.5 Å². The first-order chi connectivity index (χ1) is 7.17. The molecule has 1 aromatic rings. The fourth-order valence-corrected chi connectivity index (χ4v) is 6.03. The van der Waals surface area contributed by atoms with Gasteiger partial charge in [0, 0.05) is 0 Å². The van der Waals surface area contributed by atoms with E-state index in [1.165, 1.54) is 4.46 Å². The van der Waals surface area contributed by atoms with Crippen molar-refractivity contribution in [2.75, 3.05) is 0 Å². The summed E-state index contributed by atoms with van der Waals surface area (Å²) in [5.74, 6) is 0. The Kier molecular flexibility index (Phi) is 4.72. The molecule has 0 bridgehead atoms. The Labute approximate surface area is 113 Å². The van der Waals surface area contributed by atoms with Crippen LogP contribution in [0, 0.1) is 6.07 Å². The van der Waals surface area contributed by atoms with E-state index in [-0.39, 0.29) is 0 Å². The molecule has 1 radical (unpaired) electrons. The molecule has 0 saturated heterocycles. The summed E-state index contributed by atoms with van der Waals surface area (Å²) in [6, 6.07) is 9.95. The fraction of sp³-hybridized carbons (Fsp3) is 0.571. The van der Waals surface area contributed by atoms with E-state index >= 15 is 0 Å². The molecule has 0 fully saturated rings. The first-order valence-corrected chi connectivity index (χ1v) is 8.99. The molecule has 1 aromatic carbocycles. The van der Waals surface area contributed by atoms with Gasteiger partial charge in [-0.2, -0.15) is 0 Å². The molecule has 0 heterocycles. The van der Waals surface area contributed by atoms with Crippen molar-refractivity contribution >= 4 is 38.8 Å². The van der Waals surface area contributed by atoms with Crippen LogP contribution in [0.15, 0.2) is 18.2 Å². The van der Waals surface area contributed by atoms with Crippen molar-refractivity contribution in [2.45, 2.75) is 50.2 Å². The summed E-state index contributed by atoms with van der Waals surface area (Å²) in [5, 5.41) is 0. The molecule has 0 N–H and O–H groups in total. The molecule has 0 unspecified atom stereocenters. The first kappa shape index (κ1) is 14.3. The van der Waals surface area contributed by atoms with E-state index in [2.05, 4.69) is 65.8 Å². The third-order valence-corrected chi connectivity index (χ3v) is 7.14. The summed E-state index contributed by atoms with van der Waals surface area (Å²) in [6.45, 7) is 13.9. The average molecular weight is 347 g/mol. The molecule has 0 aliphatic rings. The molecule has 1 rings (SSSR count). The fourth-order valence-electron chi connectivity index (χ4n) is 1.20. The second kappa shape index (κ2) is 5.27. The second-order valence-corrected chi connectivity index (χ2v) is 13.6. The third kappa shape index (κ3) is 5.55. The monoisotopic (exact) mass is 349 g/mol. The van der Waals surface area contributed by atoms with Gasteiger partial charge in [0.15, 0.2) is 0 Å². The molecular formula is C14H21Se2. The van der Waals surface area contributed by atoms with Crippen LogP contribution in [-0.4, -0.2) is 29.9 Å². The number of hydrogen-bond acceptors (Lipinski definition) is 0. The van der Waals surface area contributed by atoms with E-state index in [1.54, 1.807) is 4.46 Å². The Morgan fingerprint density at radius 1 is 0.938 bits per heavy atom. The summed E-state index contributed by atoms with van der Waals surface area (Å²) in [7, 11) is 0. The van der Waals surface area contributed by atoms with Crippen LogP contribution in [0.2, 0.25) is 8.63 Å². The van der Waals surface area contributed by atoms with E-state index in [1.807, 2.05) is 0 Å². The van der Waals surface area contributed by atoms with Gasteiger partial charge in [-0.3, -0.25) is 0 Å². The molecule has 0 aliphatic carbocycles. The first-order valence-electron chi connectivity index (χ1n) is 5.56. The summed E-state index contributed by atoms with van der Waals surface area (Å²) in [6.07, 6.45) is 0. The third-order valence-electron chi connectivity index (χ3n) is 1.61. The van der Waals surface area contributed by atoms with E-state index in [0.717, 1.165) is 0 Å². The molecule has 0 atom stereocenters. The molecule has 0 spiro atoms. The molecule has 0 saturated carbocycles. The summed E-state index contributed by atoms with van der Waals surface area (Å²) >= 11 is 1.07. The van der Waals surface area contributed by atoms with Crippen LogP contribution < -0.4 is 8.92 Å². The van der Waals surface area contributed by atoms with Crippen molar-refractivity contribution < 1.29 is 0 Å². The van der Waals surface area contributed by atoms with E-state index in [9.17, 15) is 0 Å². The van der Waals surface area contributed by atoms with Gasteiger partial charge in [-0.15, -0.1) is 0 Å². The summed E-state index contributed by atoms with van der Waals surface area (Å²) < 4.78 is 3.87. The minimum absolute atomic E-state index is 0.410. The van der Waals surface area contributed by atoms with E-state index < -0.39 is 0 Å². The molecule has 0 aromatic heterocycles. The zero-order valence-electron chi connectivity index (χ0n) is 11.0. The SMILES string of the molecule is CC(C)(C)[Se]c1[c]cccc1[Se]C(C)(C)C. The Bertz CT molecular complexity index is 307. The standard InChI is InChI=1S/C14H21Se2/c1-13(2,3)15-11-9-7-8-10-12(11)16-14(4,5)6/h7-9H,1-6H3. The van der Waals surface area contributed by atoms with Crippen LogP contribution >= 0.6 is 0 Å². The topological polar surface area (TPSA) is 0 Å². The van der Waals surface area contributed by atoms with Gasteiger partial charge in [0.05, 0.1) is 0 Å². The molecular weight excluding hydrogens is 326 g/mol. The summed E-state index contributed by atoms with van der Waals surface area (Å²) in [4.78, 5) is 0. The zero-order chi connectivity index (χ0) is 12.4. The van der Waals surface area contributed by atoms with Gasteiger partial charge in [0.25, 0.3) is 0 Å². The molecule has 16 heavy (non-hydrogen) atoms. The maximum absolute atomic E-state index is 3.46. The van der Waals surface area contributed by atoms with Gasteiger partial charge < -0.3 is 0 Å². The molecule has 0 amide bonds. The summed E-state index contributed by atoms with van der Waals surface area (Å²) in [5.41, 5.74) is 0. The van der Waals surface area contributed by atoms with Crippen molar-refractivity contribution in [2.24, 2.45) is 0 Å². The molecule has 89 valence electrons. The van der Waals surface area contributed by atoms with Crippen molar-refractivity contribution in [1.82, 2.24) is 0 Å². The molecule has 0 aliphatic heterocycles. The van der Waals surface area contributed by atoms with Gasteiger partial charge in [-0.1, -0.05) is 0 Å². The minimum atomic E-state index is 0.410. The van der Waals surface area contributed by atoms with Crippen LogP contribution in [0.3, 0.4) is 0 Å². The van der Waals surface area contributed by atoms with Crippen LogP contribution in [-0.2, 0) is 0 Å². The molecule has 2 heteroatoms. The van der Waals surface area contributed by atoms with Crippen molar-refractivity contribution in [3.05, 3.63) is 24.3 Å². The van der Waals surface area contributed by atoms with Gasteiger partial charge in [-0.05, 0) is 0 Å².